The predicted octanol–water partition coefficient (Wildman–Crippen LogP) is 8.13. The Balaban J connectivity index is 1.32. The molecule has 3 aliphatic rings. The van der Waals surface area contributed by atoms with Gasteiger partial charge in [-0.3, -0.25) is 0 Å². The fourth-order valence-corrected chi connectivity index (χ4v) is 6.67. The summed E-state index contributed by atoms with van der Waals surface area (Å²) in [4.78, 5) is 0. The number of halogens is 3. The van der Waals surface area contributed by atoms with E-state index in [4.69, 9.17) is 11.6 Å². The summed E-state index contributed by atoms with van der Waals surface area (Å²) in [6.45, 7) is 2.35. The van der Waals surface area contributed by atoms with Gasteiger partial charge < -0.3 is 0 Å². The minimum Gasteiger partial charge on any atom is -0.205 e. The molecule has 0 nitrogen and oxygen atoms in total. The number of hydrogen-bond donors (Lipinski definition) is 0. The Kier molecular flexibility index (Phi) is 6.12. The van der Waals surface area contributed by atoms with Crippen molar-refractivity contribution >= 4 is 11.6 Å². The van der Waals surface area contributed by atoms with Crippen LogP contribution in [0.2, 0.25) is 5.02 Å². The highest BCUT2D eigenvalue weighted by Gasteiger charge is 2.38. The van der Waals surface area contributed by atoms with Crippen molar-refractivity contribution < 1.29 is 8.78 Å². The Morgan fingerprint density at radius 2 is 1.30 bits per heavy atom. The molecule has 3 aliphatic carbocycles. The van der Waals surface area contributed by atoms with Crippen molar-refractivity contribution in [3.8, 4) is 0 Å². The van der Waals surface area contributed by atoms with Crippen molar-refractivity contribution in [1.82, 2.24) is 0 Å². The van der Waals surface area contributed by atoms with Crippen molar-refractivity contribution in [2.75, 3.05) is 0 Å². The van der Waals surface area contributed by atoms with E-state index in [0.717, 1.165) is 48.0 Å². The lowest BCUT2D eigenvalue weighted by Crippen LogP contribution is -2.34. The topological polar surface area (TPSA) is 0 Å². The van der Waals surface area contributed by atoms with Crippen molar-refractivity contribution in [3.63, 3.8) is 0 Å². The molecule has 0 aliphatic heterocycles. The Labute approximate surface area is 168 Å². The normalized spacial score (nSPS) is 37.0. The van der Waals surface area contributed by atoms with Crippen LogP contribution in [0.5, 0.6) is 0 Å². The highest BCUT2D eigenvalue weighted by atomic mass is 35.5. The second-order valence-electron chi connectivity index (χ2n) is 9.59. The van der Waals surface area contributed by atoms with Crippen LogP contribution >= 0.6 is 11.6 Å². The molecule has 0 saturated heterocycles. The summed E-state index contributed by atoms with van der Waals surface area (Å²) in [6.07, 6.45) is 14.6. The van der Waals surface area contributed by atoms with Crippen LogP contribution in [0.1, 0.15) is 89.0 Å². The second-order valence-corrected chi connectivity index (χ2v) is 9.97. The summed E-state index contributed by atoms with van der Waals surface area (Å²) in [7, 11) is 0. The Bertz CT molecular complexity index is 627. The molecule has 0 radical (unpaired) electrons. The zero-order valence-corrected chi connectivity index (χ0v) is 17.3. The summed E-state index contributed by atoms with van der Waals surface area (Å²) in [6, 6.07) is 2.90. The smallest absolute Gasteiger partial charge is 0.145 e. The van der Waals surface area contributed by atoms with Gasteiger partial charge in [0, 0.05) is 0 Å². The summed E-state index contributed by atoms with van der Waals surface area (Å²) in [5, 5.41) is -0.373. The molecule has 0 spiro atoms. The van der Waals surface area contributed by atoms with E-state index >= 15 is 0 Å². The van der Waals surface area contributed by atoms with Crippen molar-refractivity contribution in [2.24, 2.45) is 29.6 Å². The van der Waals surface area contributed by atoms with Crippen molar-refractivity contribution in [1.29, 1.82) is 0 Å². The number of fused-ring (bicyclic) bond motifs is 1. The summed E-state index contributed by atoms with van der Waals surface area (Å²) in [5.74, 6) is 3.74. The van der Waals surface area contributed by atoms with E-state index in [1.54, 1.807) is 0 Å². The van der Waals surface area contributed by atoms with Gasteiger partial charge in [-0.1, -0.05) is 31.4 Å². The molecule has 4 rings (SSSR count). The third-order valence-corrected chi connectivity index (χ3v) is 8.62. The lowest BCUT2D eigenvalue weighted by atomic mass is 9.60. The lowest BCUT2D eigenvalue weighted by molar-refractivity contribution is 0.0629. The van der Waals surface area contributed by atoms with Crippen LogP contribution < -0.4 is 0 Å². The van der Waals surface area contributed by atoms with Gasteiger partial charge >= 0.3 is 0 Å². The van der Waals surface area contributed by atoms with Crippen LogP contribution in [0, 0.1) is 41.2 Å². The van der Waals surface area contributed by atoms with Gasteiger partial charge in [-0.2, -0.15) is 0 Å². The van der Waals surface area contributed by atoms with Gasteiger partial charge in [-0.25, -0.2) is 8.78 Å². The first-order valence-corrected chi connectivity index (χ1v) is 11.6. The Morgan fingerprint density at radius 1 is 0.778 bits per heavy atom. The van der Waals surface area contributed by atoms with Crippen molar-refractivity contribution in [2.45, 2.75) is 83.5 Å². The van der Waals surface area contributed by atoms with E-state index < -0.39 is 11.6 Å². The molecular weight excluding hydrogens is 362 g/mol. The highest BCUT2D eigenvalue weighted by Crippen LogP contribution is 2.50. The monoisotopic (exact) mass is 394 g/mol. The van der Waals surface area contributed by atoms with Gasteiger partial charge in [0.1, 0.15) is 16.7 Å². The van der Waals surface area contributed by atoms with E-state index in [-0.39, 0.29) is 5.02 Å². The minimum atomic E-state index is -0.616. The van der Waals surface area contributed by atoms with Crippen LogP contribution in [0.4, 0.5) is 8.78 Å². The zero-order chi connectivity index (χ0) is 19.0. The Hall–Kier alpha value is -0.630. The van der Waals surface area contributed by atoms with Crippen LogP contribution in [0.3, 0.4) is 0 Å². The number of hydrogen-bond acceptors (Lipinski definition) is 0. The molecule has 0 N–H and O–H groups in total. The molecule has 3 heteroatoms. The SMILES string of the molecule is CCC1CCC2CC(C3CCC(c4cc(F)c(Cl)c(F)c4)CC3)CCC2C1. The van der Waals surface area contributed by atoms with Gasteiger partial charge in [-0.05, 0) is 111 Å². The van der Waals surface area contributed by atoms with Crippen LogP contribution in [-0.2, 0) is 0 Å². The van der Waals surface area contributed by atoms with E-state index in [2.05, 4.69) is 6.92 Å². The fourth-order valence-electron chi connectivity index (χ4n) is 6.56. The molecule has 27 heavy (non-hydrogen) atoms. The van der Waals surface area contributed by atoms with Gasteiger partial charge in [0.15, 0.2) is 0 Å². The summed E-state index contributed by atoms with van der Waals surface area (Å²) < 4.78 is 27.6. The quantitative estimate of drug-likeness (QED) is 0.454. The van der Waals surface area contributed by atoms with Gasteiger partial charge in [0.05, 0.1) is 0 Å². The Morgan fingerprint density at radius 3 is 1.93 bits per heavy atom. The first-order chi connectivity index (χ1) is 13.0. The average molecular weight is 395 g/mol. The van der Waals surface area contributed by atoms with Crippen LogP contribution in [0.25, 0.3) is 0 Å². The second kappa shape index (κ2) is 8.39. The molecule has 1 aromatic carbocycles. The third kappa shape index (κ3) is 4.21. The van der Waals surface area contributed by atoms with Gasteiger partial charge in [0.25, 0.3) is 0 Å². The van der Waals surface area contributed by atoms with E-state index in [1.807, 2.05) is 0 Å². The fraction of sp³-hybridized carbons (Fsp3) is 0.750. The van der Waals surface area contributed by atoms with Crippen LogP contribution in [0.15, 0.2) is 12.1 Å². The molecule has 1 aromatic rings. The van der Waals surface area contributed by atoms with Crippen LogP contribution in [-0.4, -0.2) is 0 Å². The first kappa shape index (κ1) is 19.7. The van der Waals surface area contributed by atoms with Gasteiger partial charge in [-0.15, -0.1) is 0 Å². The van der Waals surface area contributed by atoms with E-state index in [0.29, 0.717) is 5.92 Å². The largest absolute Gasteiger partial charge is 0.205 e. The molecule has 0 aromatic heterocycles. The molecule has 0 amide bonds. The maximum atomic E-state index is 13.8. The minimum absolute atomic E-state index is 0.291. The number of rotatable bonds is 3. The molecular formula is C24H33ClF2. The molecule has 0 heterocycles. The molecule has 3 saturated carbocycles. The third-order valence-electron chi connectivity index (χ3n) is 8.26. The summed E-state index contributed by atoms with van der Waals surface area (Å²) >= 11 is 5.64. The molecule has 0 bridgehead atoms. The molecule has 150 valence electrons. The molecule has 4 atom stereocenters. The van der Waals surface area contributed by atoms with Gasteiger partial charge in [0.2, 0.25) is 0 Å². The van der Waals surface area contributed by atoms with E-state index in [9.17, 15) is 8.78 Å². The zero-order valence-electron chi connectivity index (χ0n) is 16.5. The highest BCUT2D eigenvalue weighted by molar-refractivity contribution is 6.30. The average Bonchev–Trinajstić information content (AvgIpc) is 2.71. The molecule has 3 fully saturated rings. The maximum Gasteiger partial charge on any atom is 0.145 e. The number of benzene rings is 1. The van der Waals surface area contributed by atoms with E-state index in [1.165, 1.54) is 69.9 Å². The maximum absolute atomic E-state index is 13.8. The lowest BCUT2D eigenvalue weighted by Gasteiger charge is -2.45. The summed E-state index contributed by atoms with van der Waals surface area (Å²) in [5.41, 5.74) is 0.800. The predicted molar refractivity (Wildman–Crippen MR) is 108 cm³/mol. The van der Waals surface area contributed by atoms with Crippen molar-refractivity contribution in [3.05, 3.63) is 34.4 Å². The first-order valence-electron chi connectivity index (χ1n) is 11.2. The standard InChI is InChI=1S/C24H33ClF2/c1-2-15-3-4-20-12-19(10-9-18(20)11-15)16-5-7-17(8-6-16)21-13-22(26)24(25)23(27)14-21/h13-20H,2-12H2,1H3. The molecule has 4 unspecified atom stereocenters.